The van der Waals surface area contributed by atoms with E-state index in [0.717, 1.165) is 11.1 Å². The number of benzene rings is 3. The minimum Gasteiger partial charge on any atom is -0.481 e. The summed E-state index contributed by atoms with van der Waals surface area (Å²) in [6, 6.07) is 23.9. The van der Waals surface area contributed by atoms with Crippen LogP contribution in [0.5, 0.6) is 0 Å². The lowest BCUT2D eigenvalue weighted by atomic mass is 9.96. The molecule has 5 heteroatoms. The van der Waals surface area contributed by atoms with Crippen LogP contribution in [0.1, 0.15) is 42.1 Å². The summed E-state index contributed by atoms with van der Waals surface area (Å²) in [6.07, 6.45) is -0.125. The van der Waals surface area contributed by atoms with Gasteiger partial charge in [0.25, 0.3) is 0 Å². The number of carboxylic acids is 1. The summed E-state index contributed by atoms with van der Waals surface area (Å²) >= 11 is 3.34. The van der Waals surface area contributed by atoms with Crippen LogP contribution in [0.25, 0.3) is 0 Å². The van der Waals surface area contributed by atoms with E-state index in [1.54, 1.807) is 6.07 Å². The highest BCUT2D eigenvalue weighted by Crippen LogP contribution is 2.35. The average Bonchev–Trinajstić information content (AvgIpc) is 2.70. The average molecular weight is 456 g/mol. The highest BCUT2D eigenvalue weighted by molar-refractivity contribution is 9.10. The molecule has 1 unspecified atom stereocenters. The molecule has 0 amide bonds. The third-order valence-electron chi connectivity index (χ3n) is 5.03. The van der Waals surface area contributed by atoms with Crippen molar-refractivity contribution < 1.29 is 14.3 Å². The molecule has 0 saturated heterocycles. The second-order valence-corrected chi connectivity index (χ2v) is 7.98. The molecule has 0 fully saturated rings. The van der Waals surface area contributed by atoms with E-state index in [4.69, 9.17) is 0 Å². The van der Waals surface area contributed by atoms with Crippen LogP contribution >= 0.6 is 15.9 Å². The molecule has 0 radical (unpaired) electrons. The summed E-state index contributed by atoms with van der Waals surface area (Å²) < 4.78 is 14.7. The number of hydrogen-bond donors (Lipinski definition) is 1. The van der Waals surface area contributed by atoms with Crippen molar-refractivity contribution >= 4 is 21.9 Å². The second-order valence-electron chi connectivity index (χ2n) is 7.06. The maximum absolute atomic E-state index is 14.1. The molecule has 1 N–H and O–H groups in total. The number of halogens is 2. The van der Waals surface area contributed by atoms with Gasteiger partial charge >= 0.3 is 5.97 Å². The monoisotopic (exact) mass is 455 g/mol. The van der Waals surface area contributed by atoms with Gasteiger partial charge in [0.15, 0.2) is 0 Å². The van der Waals surface area contributed by atoms with E-state index >= 15 is 0 Å². The van der Waals surface area contributed by atoms with Crippen LogP contribution in [0, 0.1) is 5.82 Å². The Labute approximate surface area is 178 Å². The maximum Gasteiger partial charge on any atom is 0.305 e. The maximum atomic E-state index is 14.1. The molecule has 0 saturated carbocycles. The van der Waals surface area contributed by atoms with Gasteiger partial charge in [-0.15, -0.1) is 0 Å². The van der Waals surface area contributed by atoms with E-state index in [1.807, 2.05) is 60.7 Å². The van der Waals surface area contributed by atoms with E-state index in [-0.39, 0.29) is 12.5 Å². The second kappa shape index (κ2) is 9.81. The van der Waals surface area contributed by atoms with E-state index in [9.17, 15) is 14.3 Å². The zero-order chi connectivity index (χ0) is 20.8. The first-order chi connectivity index (χ1) is 13.9. The van der Waals surface area contributed by atoms with Crippen LogP contribution < -0.4 is 0 Å². The third kappa shape index (κ3) is 5.75. The Morgan fingerprint density at radius 1 is 1.00 bits per heavy atom. The Morgan fingerprint density at radius 3 is 2.21 bits per heavy atom. The quantitative estimate of drug-likeness (QED) is 0.429. The van der Waals surface area contributed by atoms with E-state index in [2.05, 4.69) is 27.8 Å². The van der Waals surface area contributed by atoms with Gasteiger partial charge in [-0.1, -0.05) is 76.6 Å². The number of carbonyl (C=O) groups is 1. The molecular formula is C24H23BrFNO2. The van der Waals surface area contributed by atoms with Crippen LogP contribution in [0.15, 0.2) is 83.3 Å². The summed E-state index contributed by atoms with van der Waals surface area (Å²) in [6.45, 7) is 2.60. The van der Waals surface area contributed by atoms with Crippen LogP contribution in [-0.4, -0.2) is 16.0 Å². The smallest absolute Gasteiger partial charge is 0.305 e. The number of rotatable bonds is 8. The number of nitrogens with zero attached hydrogens (tertiary/aromatic N) is 1. The first-order valence-electron chi connectivity index (χ1n) is 9.46. The molecule has 3 rings (SSSR count). The standard InChI is InChI=1S/C24H23BrFNO2/c1-17(19-10-6-3-7-11-19)27(16-18-8-4-2-5-9-18)23(15-24(28)29)20-12-21(25)14-22(26)13-20/h2-14,17,23H,15-16H2,1H3,(H,28,29)/t17-,23?/m1/s1. The van der Waals surface area contributed by atoms with Crippen molar-refractivity contribution in [3.05, 3.63) is 106 Å². The molecule has 0 bridgehead atoms. The SMILES string of the molecule is C[C@H](c1ccccc1)N(Cc1ccccc1)C(CC(=O)O)c1cc(F)cc(Br)c1. The normalized spacial score (nSPS) is 13.2. The van der Waals surface area contributed by atoms with Crippen molar-refractivity contribution in [3.8, 4) is 0 Å². The predicted octanol–water partition coefficient (Wildman–Crippen LogP) is 6.37. The van der Waals surface area contributed by atoms with Crippen LogP contribution in [0.2, 0.25) is 0 Å². The van der Waals surface area contributed by atoms with E-state index in [1.165, 1.54) is 12.1 Å². The van der Waals surface area contributed by atoms with Crippen molar-refractivity contribution in [2.45, 2.75) is 32.0 Å². The molecule has 3 aromatic carbocycles. The fourth-order valence-corrected chi connectivity index (χ4v) is 4.08. The van der Waals surface area contributed by atoms with Crippen molar-refractivity contribution in [1.82, 2.24) is 4.90 Å². The van der Waals surface area contributed by atoms with Gasteiger partial charge in [-0.05, 0) is 41.8 Å². The molecule has 2 atom stereocenters. The van der Waals surface area contributed by atoms with Crippen LogP contribution in [-0.2, 0) is 11.3 Å². The molecule has 0 spiro atoms. The minimum absolute atomic E-state index is 0.0669. The van der Waals surface area contributed by atoms with Crippen LogP contribution in [0.3, 0.4) is 0 Å². The number of hydrogen-bond acceptors (Lipinski definition) is 2. The Kier molecular flexibility index (Phi) is 7.18. The van der Waals surface area contributed by atoms with Gasteiger partial charge < -0.3 is 5.11 Å². The minimum atomic E-state index is -0.922. The van der Waals surface area contributed by atoms with Crippen molar-refractivity contribution in [2.24, 2.45) is 0 Å². The Morgan fingerprint density at radius 2 is 1.62 bits per heavy atom. The third-order valence-corrected chi connectivity index (χ3v) is 5.48. The van der Waals surface area contributed by atoms with Crippen molar-refractivity contribution in [1.29, 1.82) is 0 Å². The Balaban J connectivity index is 2.07. The summed E-state index contributed by atoms with van der Waals surface area (Å²) in [5.74, 6) is -1.31. The van der Waals surface area contributed by atoms with Crippen molar-refractivity contribution in [3.63, 3.8) is 0 Å². The van der Waals surface area contributed by atoms with Gasteiger partial charge in [0.1, 0.15) is 5.82 Å². The Bertz CT molecular complexity index is 929. The van der Waals surface area contributed by atoms with Crippen LogP contribution in [0.4, 0.5) is 4.39 Å². The number of carboxylic acid groups (broad SMARTS) is 1. The van der Waals surface area contributed by atoms with Gasteiger partial charge in [0, 0.05) is 23.1 Å². The molecular weight excluding hydrogens is 433 g/mol. The lowest BCUT2D eigenvalue weighted by Crippen LogP contribution is -2.33. The molecule has 3 nitrogen and oxygen atoms in total. The summed E-state index contributed by atoms with van der Waals surface area (Å²) in [5, 5.41) is 9.62. The number of aliphatic carboxylic acids is 1. The summed E-state index contributed by atoms with van der Waals surface area (Å²) in [5.41, 5.74) is 2.79. The molecule has 0 heterocycles. The first-order valence-corrected chi connectivity index (χ1v) is 10.3. The van der Waals surface area contributed by atoms with Gasteiger partial charge in [-0.25, -0.2) is 4.39 Å². The lowest BCUT2D eigenvalue weighted by molar-refractivity contribution is -0.138. The molecule has 150 valence electrons. The van der Waals surface area contributed by atoms with Gasteiger partial charge in [-0.2, -0.15) is 0 Å². The zero-order valence-corrected chi connectivity index (χ0v) is 17.7. The fraction of sp³-hybridized carbons (Fsp3) is 0.208. The highest BCUT2D eigenvalue weighted by atomic mass is 79.9. The lowest BCUT2D eigenvalue weighted by Gasteiger charge is -2.37. The largest absolute Gasteiger partial charge is 0.481 e. The van der Waals surface area contributed by atoms with Gasteiger partial charge in [0.2, 0.25) is 0 Å². The predicted molar refractivity (Wildman–Crippen MR) is 116 cm³/mol. The molecule has 29 heavy (non-hydrogen) atoms. The van der Waals surface area contributed by atoms with E-state index < -0.39 is 17.8 Å². The molecule has 0 aliphatic rings. The molecule has 0 aliphatic heterocycles. The molecule has 0 aliphatic carbocycles. The first kappa shape index (κ1) is 21.2. The van der Waals surface area contributed by atoms with Crippen molar-refractivity contribution in [2.75, 3.05) is 0 Å². The topological polar surface area (TPSA) is 40.5 Å². The fourth-order valence-electron chi connectivity index (χ4n) is 3.59. The molecule has 3 aromatic rings. The van der Waals surface area contributed by atoms with E-state index in [0.29, 0.717) is 16.6 Å². The van der Waals surface area contributed by atoms with Gasteiger partial charge in [0.05, 0.1) is 6.42 Å². The zero-order valence-electron chi connectivity index (χ0n) is 16.1. The molecule has 0 aromatic heterocycles. The van der Waals surface area contributed by atoms with Gasteiger partial charge in [-0.3, -0.25) is 9.69 Å². The summed E-state index contributed by atoms with van der Waals surface area (Å²) in [7, 11) is 0. The summed E-state index contributed by atoms with van der Waals surface area (Å²) in [4.78, 5) is 13.9. The highest BCUT2D eigenvalue weighted by Gasteiger charge is 2.29. The Hall–Kier alpha value is -2.50.